The Bertz CT molecular complexity index is 1410. The van der Waals surface area contributed by atoms with Crippen LogP contribution >= 0.6 is 11.6 Å². The van der Waals surface area contributed by atoms with Crippen LogP contribution in [0.5, 0.6) is 0 Å². The van der Waals surface area contributed by atoms with E-state index in [0.717, 1.165) is 30.0 Å². The summed E-state index contributed by atoms with van der Waals surface area (Å²) in [5, 5.41) is 11.5. The first-order valence-electron chi connectivity index (χ1n) is 14.6. The van der Waals surface area contributed by atoms with Gasteiger partial charge in [0, 0.05) is 57.4 Å². The Kier molecular flexibility index (Phi) is 8.51. The van der Waals surface area contributed by atoms with Gasteiger partial charge in [-0.2, -0.15) is 0 Å². The van der Waals surface area contributed by atoms with Crippen molar-refractivity contribution in [2.45, 2.75) is 56.5 Å². The average Bonchev–Trinajstić information content (AvgIpc) is 3.70. The lowest BCUT2D eigenvalue weighted by Crippen LogP contribution is -2.44. The van der Waals surface area contributed by atoms with Gasteiger partial charge in [-0.05, 0) is 83.8 Å². The molecule has 1 amide bonds. The molecule has 6 rings (SSSR count). The monoisotopic (exact) mass is 602 g/mol. The van der Waals surface area contributed by atoms with E-state index in [1.807, 2.05) is 11.8 Å². The first-order valence-corrected chi connectivity index (χ1v) is 14.9. The van der Waals surface area contributed by atoms with Crippen molar-refractivity contribution in [3.05, 3.63) is 75.8 Å². The van der Waals surface area contributed by atoms with E-state index in [1.165, 1.54) is 24.5 Å². The fourth-order valence-electron chi connectivity index (χ4n) is 6.98. The van der Waals surface area contributed by atoms with Gasteiger partial charge in [0.2, 0.25) is 5.91 Å². The molecule has 3 fully saturated rings. The Hall–Kier alpha value is -3.02. The van der Waals surface area contributed by atoms with Crippen LogP contribution in [0.4, 0.5) is 13.2 Å². The minimum absolute atomic E-state index is 0.00356. The summed E-state index contributed by atoms with van der Waals surface area (Å²) in [6.45, 7) is 5.36. The van der Waals surface area contributed by atoms with Crippen molar-refractivity contribution in [2.75, 3.05) is 39.4 Å². The molecular weight excluding hydrogens is 569 g/mol. The first kappa shape index (κ1) is 29.1. The fourth-order valence-corrected chi connectivity index (χ4v) is 7.15. The second-order valence-corrected chi connectivity index (χ2v) is 12.0. The van der Waals surface area contributed by atoms with Gasteiger partial charge in [-0.3, -0.25) is 9.69 Å². The zero-order valence-corrected chi connectivity index (χ0v) is 24.2. The second kappa shape index (κ2) is 12.3. The van der Waals surface area contributed by atoms with E-state index in [9.17, 15) is 13.6 Å². The topological polar surface area (TPSA) is 76.4 Å². The minimum atomic E-state index is -0.629. The Morgan fingerprint density at radius 2 is 1.76 bits per heavy atom. The molecule has 1 aromatic heterocycles. The number of benzene rings is 2. The number of ether oxygens (including phenoxy) is 1. The number of carbonyl (C=O) groups excluding carboxylic acids is 1. The van der Waals surface area contributed by atoms with Crippen molar-refractivity contribution >= 4 is 17.5 Å². The molecule has 0 radical (unpaired) electrons. The number of tetrazole rings is 1. The highest BCUT2D eigenvalue weighted by molar-refractivity contribution is 6.30. The average molecular weight is 603 g/mol. The van der Waals surface area contributed by atoms with Crippen molar-refractivity contribution in [2.24, 2.45) is 5.92 Å². The number of aromatic nitrogens is 4. The number of nitrogens with zero attached hydrogens (tertiary/aromatic N) is 6. The highest BCUT2D eigenvalue weighted by Gasteiger charge is 2.44. The maximum absolute atomic E-state index is 15.0. The van der Waals surface area contributed by atoms with E-state index in [0.29, 0.717) is 57.8 Å². The molecular formula is C30H34ClF3N6O2. The zero-order valence-electron chi connectivity index (χ0n) is 23.4. The third-order valence-electron chi connectivity index (χ3n) is 9.32. The largest absolute Gasteiger partial charge is 0.381 e. The Morgan fingerprint density at radius 1 is 1.00 bits per heavy atom. The molecule has 0 spiro atoms. The summed E-state index contributed by atoms with van der Waals surface area (Å²) in [6.07, 6.45) is 4.59. The Balaban J connectivity index is 1.20. The van der Waals surface area contributed by atoms with E-state index < -0.39 is 23.4 Å². The first-order chi connectivity index (χ1) is 20.3. The van der Waals surface area contributed by atoms with Crippen LogP contribution in [0.1, 0.15) is 67.2 Å². The molecule has 3 aromatic rings. The number of piperidine rings is 1. The molecule has 0 bridgehead atoms. The number of hydrogen-bond acceptors (Lipinski definition) is 6. The minimum Gasteiger partial charge on any atom is -0.381 e. The molecule has 2 aromatic carbocycles. The van der Waals surface area contributed by atoms with Crippen LogP contribution in [-0.2, 0) is 9.53 Å². The van der Waals surface area contributed by atoms with Gasteiger partial charge in [0.15, 0.2) is 0 Å². The van der Waals surface area contributed by atoms with Gasteiger partial charge in [0.05, 0.1) is 17.0 Å². The number of halogens is 4. The Labute approximate surface area is 247 Å². The third-order valence-corrected chi connectivity index (χ3v) is 9.61. The molecule has 8 nitrogen and oxygen atoms in total. The number of amides is 1. The molecule has 3 atom stereocenters. The van der Waals surface area contributed by atoms with Gasteiger partial charge in [0.1, 0.15) is 23.8 Å². The van der Waals surface area contributed by atoms with Crippen LogP contribution in [0.3, 0.4) is 0 Å². The van der Waals surface area contributed by atoms with Gasteiger partial charge in [-0.1, -0.05) is 17.7 Å². The summed E-state index contributed by atoms with van der Waals surface area (Å²) in [7, 11) is 0. The van der Waals surface area contributed by atoms with E-state index in [4.69, 9.17) is 16.3 Å². The third kappa shape index (κ3) is 5.78. The molecule has 42 heavy (non-hydrogen) atoms. The van der Waals surface area contributed by atoms with Crippen LogP contribution in [0, 0.1) is 23.4 Å². The van der Waals surface area contributed by atoms with Gasteiger partial charge < -0.3 is 9.64 Å². The molecule has 0 aliphatic carbocycles. The molecule has 0 unspecified atom stereocenters. The fraction of sp³-hybridized carbons (Fsp3) is 0.533. The van der Waals surface area contributed by atoms with E-state index in [2.05, 4.69) is 20.4 Å². The van der Waals surface area contributed by atoms with Crippen LogP contribution in [0.15, 0.2) is 36.7 Å². The van der Waals surface area contributed by atoms with Crippen molar-refractivity contribution in [1.29, 1.82) is 0 Å². The van der Waals surface area contributed by atoms with Crippen LogP contribution in [0.25, 0.3) is 0 Å². The van der Waals surface area contributed by atoms with Gasteiger partial charge >= 0.3 is 0 Å². The highest BCUT2D eigenvalue weighted by Crippen LogP contribution is 2.40. The second-order valence-electron chi connectivity index (χ2n) is 11.6. The molecule has 3 aliphatic heterocycles. The predicted octanol–water partition coefficient (Wildman–Crippen LogP) is 4.95. The molecule has 0 saturated carbocycles. The molecule has 224 valence electrons. The molecule has 0 N–H and O–H groups in total. The lowest BCUT2D eigenvalue weighted by molar-refractivity contribution is -0.136. The lowest BCUT2D eigenvalue weighted by Gasteiger charge is -2.36. The molecule has 3 saturated heterocycles. The predicted molar refractivity (Wildman–Crippen MR) is 150 cm³/mol. The van der Waals surface area contributed by atoms with Crippen molar-refractivity contribution < 1.29 is 22.7 Å². The summed E-state index contributed by atoms with van der Waals surface area (Å²) in [6, 6.07) is 6.77. The number of likely N-dealkylation sites (tertiary alicyclic amines) is 2. The summed E-state index contributed by atoms with van der Waals surface area (Å²) >= 11 is 6.22. The van der Waals surface area contributed by atoms with Crippen molar-refractivity contribution in [3.63, 3.8) is 0 Å². The normalized spacial score (nSPS) is 23.4. The standard InChI is InChI=1S/C30H34ClF3N6O2/c1-18(40-17-35-36-37-40)23-14-29(34)27(31)13-24(23)19-4-8-38(9-5-19)30(41)26-16-39(21-6-10-42-11-7-21)15-25(26)22-3-2-20(32)12-28(22)33/h2-3,12-14,17-19,21,25-26H,4-11,15-16H2,1H3/t18-,25+,26-/m1/s1. The maximum atomic E-state index is 15.0. The van der Waals surface area contributed by atoms with Gasteiger partial charge in [-0.25, -0.2) is 17.9 Å². The number of rotatable bonds is 6. The highest BCUT2D eigenvalue weighted by atomic mass is 35.5. The summed E-state index contributed by atoms with van der Waals surface area (Å²) in [4.78, 5) is 18.2. The maximum Gasteiger partial charge on any atom is 0.227 e. The number of hydrogen-bond donors (Lipinski definition) is 0. The van der Waals surface area contributed by atoms with Crippen molar-refractivity contribution in [3.8, 4) is 0 Å². The van der Waals surface area contributed by atoms with Crippen LogP contribution in [-0.4, -0.2) is 81.3 Å². The Morgan fingerprint density at radius 3 is 2.45 bits per heavy atom. The number of carbonyl (C=O) groups is 1. The molecule has 4 heterocycles. The van der Waals surface area contributed by atoms with E-state index >= 15 is 4.39 Å². The van der Waals surface area contributed by atoms with E-state index in [-0.39, 0.29) is 34.8 Å². The summed E-state index contributed by atoms with van der Waals surface area (Å²) in [5.74, 6) is -2.47. The molecule has 3 aliphatic rings. The van der Waals surface area contributed by atoms with Gasteiger partial charge in [-0.15, -0.1) is 5.10 Å². The van der Waals surface area contributed by atoms with Crippen molar-refractivity contribution in [1.82, 2.24) is 30.0 Å². The zero-order chi connectivity index (χ0) is 29.4. The lowest BCUT2D eigenvalue weighted by atomic mass is 9.83. The van der Waals surface area contributed by atoms with Gasteiger partial charge in [0.25, 0.3) is 0 Å². The smallest absolute Gasteiger partial charge is 0.227 e. The van der Waals surface area contributed by atoms with Crippen LogP contribution in [0.2, 0.25) is 5.02 Å². The molecule has 12 heteroatoms. The quantitative estimate of drug-likeness (QED) is 0.397. The summed E-state index contributed by atoms with van der Waals surface area (Å²) < 4.78 is 50.4. The summed E-state index contributed by atoms with van der Waals surface area (Å²) in [5.41, 5.74) is 2.07. The SMILES string of the molecule is C[C@H](c1cc(F)c(Cl)cc1C1CCN(C(=O)[C@@H]2CN(C3CCOCC3)C[C@H]2c2ccc(F)cc2F)CC1)n1cnnn1. The van der Waals surface area contributed by atoms with E-state index in [1.54, 1.807) is 10.7 Å². The van der Waals surface area contributed by atoms with Crippen LogP contribution < -0.4 is 0 Å².